The molecule has 0 atom stereocenters. The first kappa shape index (κ1) is 22.6. The molecule has 0 aromatic rings. The molecule has 0 rings (SSSR count). The van der Waals surface area contributed by atoms with Crippen LogP contribution in [0.4, 0.5) is 0 Å². The third-order valence-electron chi connectivity index (χ3n) is 4.45. The van der Waals surface area contributed by atoms with Crippen LogP contribution < -0.4 is 0 Å². The summed E-state index contributed by atoms with van der Waals surface area (Å²) in [5.41, 5.74) is 0. The molecule has 1 nitrogen and oxygen atoms in total. The maximum absolute atomic E-state index is 5.06. The normalized spacial score (nSPS) is 10.7. The highest BCUT2D eigenvalue weighted by atomic mass is 32.1. The maximum Gasteiger partial charge on any atom is 0.166 e. The predicted molar refractivity (Wildman–Crippen MR) is 108 cm³/mol. The van der Waals surface area contributed by atoms with Crippen molar-refractivity contribution in [3.63, 3.8) is 0 Å². The smallest absolute Gasteiger partial charge is 0.166 e. The number of unbranched alkanes of at least 4 members (excludes halogenated alkanes) is 15. The van der Waals surface area contributed by atoms with Crippen molar-refractivity contribution in [2.75, 3.05) is 0 Å². The average Bonchev–Trinajstić information content (AvgIpc) is 2.54. The highest BCUT2D eigenvalue weighted by Gasteiger charge is 1.97. The van der Waals surface area contributed by atoms with E-state index in [0.29, 0.717) is 5.05 Å². The van der Waals surface area contributed by atoms with Crippen LogP contribution in [0.25, 0.3) is 0 Å². The van der Waals surface area contributed by atoms with Gasteiger partial charge in [-0.15, -0.1) is 0 Å². The van der Waals surface area contributed by atoms with E-state index in [2.05, 4.69) is 13.5 Å². The molecule has 23 heavy (non-hydrogen) atoms. The van der Waals surface area contributed by atoms with Crippen LogP contribution in [-0.4, -0.2) is 5.05 Å². The molecule has 0 N–H and O–H groups in total. The molecule has 0 aliphatic rings. The lowest BCUT2D eigenvalue weighted by Crippen LogP contribution is -1.95. The fraction of sp³-hybridized carbons (Fsp3) is 0.857. The van der Waals surface area contributed by atoms with Gasteiger partial charge in [0, 0.05) is 6.42 Å². The Balaban J connectivity index is 3.02. The van der Waals surface area contributed by atoms with Crippen LogP contribution in [0.2, 0.25) is 0 Å². The molecule has 0 aliphatic carbocycles. The van der Waals surface area contributed by atoms with E-state index in [1.807, 2.05) is 0 Å². The largest absolute Gasteiger partial charge is 0.459 e. The molecule has 0 aromatic heterocycles. The van der Waals surface area contributed by atoms with Gasteiger partial charge in [-0.25, -0.2) is 0 Å². The van der Waals surface area contributed by atoms with Crippen molar-refractivity contribution in [2.45, 2.75) is 116 Å². The van der Waals surface area contributed by atoms with Crippen LogP contribution in [-0.2, 0) is 4.74 Å². The van der Waals surface area contributed by atoms with Crippen LogP contribution >= 0.6 is 12.2 Å². The second kappa shape index (κ2) is 19.7. The van der Waals surface area contributed by atoms with Gasteiger partial charge in [0.15, 0.2) is 5.05 Å². The zero-order valence-corrected chi connectivity index (χ0v) is 16.4. The van der Waals surface area contributed by atoms with Crippen molar-refractivity contribution in [3.05, 3.63) is 12.8 Å². The van der Waals surface area contributed by atoms with Crippen LogP contribution in [0, 0.1) is 0 Å². The Morgan fingerprint density at radius 2 is 1.04 bits per heavy atom. The highest BCUT2D eigenvalue weighted by Crippen LogP contribution is 2.14. The molecule has 0 bridgehead atoms. The van der Waals surface area contributed by atoms with Gasteiger partial charge in [-0.1, -0.05) is 110 Å². The van der Waals surface area contributed by atoms with E-state index in [1.54, 1.807) is 0 Å². The summed E-state index contributed by atoms with van der Waals surface area (Å²) in [6.45, 7) is 5.80. The molecule has 0 aromatic carbocycles. The molecule has 0 spiro atoms. The molecule has 0 heterocycles. The number of ether oxygens (including phenoxy) is 1. The van der Waals surface area contributed by atoms with Gasteiger partial charge >= 0.3 is 0 Å². The van der Waals surface area contributed by atoms with Crippen molar-refractivity contribution < 1.29 is 4.74 Å². The summed E-state index contributed by atoms with van der Waals surface area (Å²) < 4.78 is 5.06. The first-order chi connectivity index (χ1) is 11.3. The fourth-order valence-corrected chi connectivity index (χ4v) is 3.18. The summed E-state index contributed by atoms with van der Waals surface area (Å²) in [7, 11) is 0. The maximum atomic E-state index is 5.06. The zero-order valence-electron chi connectivity index (χ0n) is 15.6. The van der Waals surface area contributed by atoms with Crippen molar-refractivity contribution in [2.24, 2.45) is 0 Å². The van der Waals surface area contributed by atoms with Gasteiger partial charge in [0.25, 0.3) is 0 Å². The Morgan fingerprint density at radius 3 is 1.39 bits per heavy atom. The van der Waals surface area contributed by atoms with Gasteiger partial charge in [-0.2, -0.15) is 0 Å². The van der Waals surface area contributed by atoms with Crippen LogP contribution in [0.3, 0.4) is 0 Å². The average molecular weight is 341 g/mol. The molecule has 0 aliphatic heterocycles. The number of rotatable bonds is 18. The molecule has 0 fully saturated rings. The van der Waals surface area contributed by atoms with Gasteiger partial charge < -0.3 is 4.74 Å². The zero-order chi connectivity index (χ0) is 17.0. The highest BCUT2D eigenvalue weighted by molar-refractivity contribution is 7.80. The molecule has 0 radical (unpaired) electrons. The fourth-order valence-electron chi connectivity index (χ4n) is 2.97. The molecule has 0 amide bonds. The quantitative estimate of drug-likeness (QED) is 0.141. The van der Waals surface area contributed by atoms with E-state index in [1.165, 1.54) is 103 Å². The van der Waals surface area contributed by atoms with Gasteiger partial charge in [0.1, 0.15) is 0 Å². The van der Waals surface area contributed by atoms with Crippen molar-refractivity contribution in [3.8, 4) is 0 Å². The molecular weight excluding hydrogens is 300 g/mol. The Bertz CT molecular complexity index is 263. The lowest BCUT2D eigenvalue weighted by molar-refractivity contribution is 0.465. The summed E-state index contributed by atoms with van der Waals surface area (Å²) in [5.74, 6) is 0. The van der Waals surface area contributed by atoms with Crippen molar-refractivity contribution in [1.29, 1.82) is 0 Å². The van der Waals surface area contributed by atoms with Gasteiger partial charge in [0.05, 0.1) is 6.26 Å². The summed E-state index contributed by atoms with van der Waals surface area (Å²) in [5, 5.41) is 0.686. The minimum atomic E-state index is 0.686. The molecule has 0 saturated heterocycles. The standard InChI is InChI=1S/C21H40OS/c1-3-5-6-7-8-9-10-11-12-13-14-15-16-17-18-19-20-21(23)22-4-2/h4H,2-3,5-20H2,1H3. The first-order valence-electron chi connectivity index (χ1n) is 10.1. The third kappa shape index (κ3) is 19.6. The second-order valence-corrected chi connectivity index (χ2v) is 7.17. The number of hydrogen-bond donors (Lipinski definition) is 0. The minimum absolute atomic E-state index is 0.686. The lowest BCUT2D eigenvalue weighted by Gasteiger charge is -2.04. The molecular formula is C21H40OS. The minimum Gasteiger partial charge on any atom is -0.459 e. The van der Waals surface area contributed by atoms with Crippen LogP contribution in [0.1, 0.15) is 116 Å². The topological polar surface area (TPSA) is 9.23 Å². The Labute approximate surface area is 151 Å². The van der Waals surface area contributed by atoms with Crippen molar-refractivity contribution in [1.82, 2.24) is 0 Å². The monoisotopic (exact) mass is 340 g/mol. The van der Waals surface area contributed by atoms with E-state index >= 15 is 0 Å². The lowest BCUT2D eigenvalue weighted by atomic mass is 10.0. The second-order valence-electron chi connectivity index (χ2n) is 6.71. The molecule has 0 unspecified atom stereocenters. The summed E-state index contributed by atoms with van der Waals surface area (Å²) in [4.78, 5) is 0. The Kier molecular flexibility index (Phi) is 19.4. The van der Waals surface area contributed by atoms with Crippen LogP contribution in [0.15, 0.2) is 12.8 Å². The molecule has 136 valence electrons. The summed E-state index contributed by atoms with van der Waals surface area (Å²) in [6.07, 6.45) is 24.7. The van der Waals surface area contributed by atoms with E-state index in [4.69, 9.17) is 17.0 Å². The van der Waals surface area contributed by atoms with E-state index < -0.39 is 0 Å². The van der Waals surface area contributed by atoms with Gasteiger partial charge in [-0.3, -0.25) is 0 Å². The van der Waals surface area contributed by atoms with E-state index in [9.17, 15) is 0 Å². The molecule has 2 heteroatoms. The summed E-state index contributed by atoms with van der Waals surface area (Å²) in [6, 6.07) is 0. The number of hydrogen-bond acceptors (Lipinski definition) is 2. The summed E-state index contributed by atoms with van der Waals surface area (Å²) >= 11 is 5.06. The van der Waals surface area contributed by atoms with Gasteiger partial charge in [0.2, 0.25) is 0 Å². The van der Waals surface area contributed by atoms with Crippen molar-refractivity contribution >= 4 is 17.3 Å². The van der Waals surface area contributed by atoms with E-state index in [0.717, 1.165) is 12.8 Å². The van der Waals surface area contributed by atoms with Gasteiger partial charge in [-0.05, 0) is 18.6 Å². The van der Waals surface area contributed by atoms with E-state index in [-0.39, 0.29) is 0 Å². The molecule has 0 saturated carbocycles. The Hall–Kier alpha value is -0.370. The SMILES string of the molecule is C=COC(=S)CCCCCCCCCCCCCCCCCC. The Morgan fingerprint density at radius 1 is 0.696 bits per heavy atom. The first-order valence-corrected chi connectivity index (χ1v) is 10.5. The third-order valence-corrected chi connectivity index (χ3v) is 4.75. The predicted octanol–water partition coefficient (Wildman–Crippen LogP) is 8.13. The van der Waals surface area contributed by atoms with Crippen LogP contribution in [0.5, 0.6) is 0 Å². The number of thiocarbonyl (C=S) groups is 1.